The molecule has 108 valence electrons. The summed E-state index contributed by atoms with van der Waals surface area (Å²) in [5, 5.41) is 9.76. The molecule has 2 N–H and O–H groups in total. The van der Waals surface area contributed by atoms with Gasteiger partial charge in [0.2, 0.25) is 0 Å². The van der Waals surface area contributed by atoms with Gasteiger partial charge in [-0.2, -0.15) is 0 Å². The van der Waals surface area contributed by atoms with Crippen LogP contribution in [0.4, 0.5) is 11.6 Å². The zero-order valence-electron chi connectivity index (χ0n) is 12.4. The molecule has 2 heterocycles. The topological polar surface area (TPSA) is 62.7 Å². The van der Waals surface area contributed by atoms with Crippen molar-refractivity contribution in [2.45, 2.75) is 33.6 Å². The first-order valence-corrected chi connectivity index (χ1v) is 7.72. The summed E-state index contributed by atoms with van der Waals surface area (Å²) in [5.74, 6) is 2.66. The molecular formula is C14H21N5S. The van der Waals surface area contributed by atoms with Crippen molar-refractivity contribution in [3.05, 3.63) is 27.5 Å². The van der Waals surface area contributed by atoms with E-state index in [4.69, 9.17) is 0 Å². The van der Waals surface area contributed by atoms with Crippen molar-refractivity contribution in [1.82, 2.24) is 15.0 Å². The molecule has 0 saturated heterocycles. The number of nitrogens with zero attached hydrogens (tertiary/aromatic N) is 3. The first kappa shape index (κ1) is 14.7. The van der Waals surface area contributed by atoms with Crippen molar-refractivity contribution in [3.8, 4) is 0 Å². The Morgan fingerprint density at radius 3 is 2.50 bits per heavy atom. The highest BCUT2D eigenvalue weighted by Crippen LogP contribution is 2.20. The van der Waals surface area contributed by atoms with Crippen LogP contribution in [0.1, 0.15) is 29.0 Å². The number of thiazole rings is 1. The van der Waals surface area contributed by atoms with E-state index in [-0.39, 0.29) is 0 Å². The van der Waals surface area contributed by atoms with Crippen LogP contribution in [0.25, 0.3) is 0 Å². The Morgan fingerprint density at radius 1 is 1.15 bits per heavy atom. The number of nitrogens with one attached hydrogen (secondary N) is 2. The van der Waals surface area contributed by atoms with Gasteiger partial charge in [0.1, 0.15) is 17.5 Å². The van der Waals surface area contributed by atoms with E-state index in [1.165, 1.54) is 0 Å². The summed E-state index contributed by atoms with van der Waals surface area (Å²) in [6.07, 6.45) is 1.74. The van der Waals surface area contributed by atoms with Crippen LogP contribution in [-0.4, -0.2) is 28.5 Å². The summed E-state index contributed by atoms with van der Waals surface area (Å²) in [4.78, 5) is 13.5. The number of rotatable bonds is 6. The molecule has 0 bridgehead atoms. The van der Waals surface area contributed by atoms with Gasteiger partial charge in [0, 0.05) is 43.1 Å². The fraction of sp³-hybridized carbons (Fsp3) is 0.500. The third-order valence-electron chi connectivity index (χ3n) is 3.04. The molecule has 0 aliphatic heterocycles. The van der Waals surface area contributed by atoms with Crippen LogP contribution in [0, 0.1) is 13.8 Å². The molecule has 0 radical (unpaired) electrons. The maximum atomic E-state index is 4.56. The van der Waals surface area contributed by atoms with Crippen molar-refractivity contribution in [2.75, 3.05) is 24.2 Å². The highest BCUT2D eigenvalue weighted by atomic mass is 32.1. The quantitative estimate of drug-likeness (QED) is 0.857. The fourth-order valence-corrected chi connectivity index (χ4v) is 2.72. The Kier molecular flexibility index (Phi) is 4.89. The van der Waals surface area contributed by atoms with Crippen molar-refractivity contribution in [1.29, 1.82) is 0 Å². The molecule has 2 rings (SSSR count). The molecule has 5 nitrogen and oxygen atoms in total. The van der Waals surface area contributed by atoms with E-state index in [0.717, 1.165) is 53.1 Å². The minimum absolute atomic E-state index is 0.829. The number of aryl methyl sites for hydroxylation is 2. The van der Waals surface area contributed by atoms with E-state index in [1.54, 1.807) is 11.3 Å². The number of hydrogen-bond acceptors (Lipinski definition) is 6. The minimum atomic E-state index is 0.829. The number of hydrogen-bond donors (Lipinski definition) is 2. The smallest absolute Gasteiger partial charge is 0.134 e. The Balaban J connectivity index is 2.04. The number of anilines is 2. The lowest BCUT2D eigenvalue weighted by atomic mass is 10.3. The van der Waals surface area contributed by atoms with Gasteiger partial charge >= 0.3 is 0 Å². The van der Waals surface area contributed by atoms with Gasteiger partial charge in [-0.1, -0.05) is 6.92 Å². The molecule has 2 aromatic rings. The monoisotopic (exact) mass is 291 g/mol. The van der Waals surface area contributed by atoms with Crippen LogP contribution in [0.15, 0.2) is 5.38 Å². The summed E-state index contributed by atoms with van der Waals surface area (Å²) < 4.78 is 0. The van der Waals surface area contributed by atoms with Gasteiger partial charge in [0.25, 0.3) is 0 Å². The zero-order valence-corrected chi connectivity index (χ0v) is 13.3. The highest BCUT2D eigenvalue weighted by molar-refractivity contribution is 7.09. The van der Waals surface area contributed by atoms with Crippen LogP contribution >= 0.6 is 11.3 Å². The molecule has 0 saturated carbocycles. The minimum Gasteiger partial charge on any atom is -0.373 e. The molecule has 0 spiro atoms. The second-order valence-corrected chi connectivity index (χ2v) is 5.57. The maximum Gasteiger partial charge on any atom is 0.134 e. The molecule has 6 heteroatoms. The third-order valence-corrected chi connectivity index (χ3v) is 4.07. The molecule has 0 unspecified atom stereocenters. The molecule has 0 atom stereocenters. The Bertz CT molecular complexity index is 579. The van der Waals surface area contributed by atoms with E-state index in [2.05, 4.69) is 37.9 Å². The van der Waals surface area contributed by atoms with Gasteiger partial charge in [-0.25, -0.2) is 15.0 Å². The lowest BCUT2D eigenvalue weighted by molar-refractivity contribution is 0.913. The Hall–Kier alpha value is -1.69. The predicted octanol–water partition coefficient (Wildman–Crippen LogP) is 2.81. The van der Waals surface area contributed by atoms with Gasteiger partial charge < -0.3 is 10.6 Å². The predicted molar refractivity (Wildman–Crippen MR) is 84.7 cm³/mol. The largest absolute Gasteiger partial charge is 0.373 e. The molecule has 20 heavy (non-hydrogen) atoms. The van der Waals surface area contributed by atoms with Crippen LogP contribution in [0.5, 0.6) is 0 Å². The lowest BCUT2D eigenvalue weighted by Crippen LogP contribution is -2.11. The van der Waals surface area contributed by atoms with E-state index >= 15 is 0 Å². The van der Waals surface area contributed by atoms with Crippen LogP contribution in [0.3, 0.4) is 0 Å². The molecular weight excluding hydrogens is 270 g/mol. The molecule has 0 aliphatic carbocycles. The molecule has 0 aliphatic rings. The molecule has 0 aromatic carbocycles. The van der Waals surface area contributed by atoms with Gasteiger partial charge in [0.05, 0.1) is 5.01 Å². The first-order valence-electron chi connectivity index (χ1n) is 6.84. The third kappa shape index (κ3) is 3.45. The van der Waals surface area contributed by atoms with E-state index in [0.29, 0.717) is 0 Å². The fourth-order valence-electron chi connectivity index (χ4n) is 1.94. The Labute approximate surface area is 123 Å². The molecule has 0 amide bonds. The summed E-state index contributed by atoms with van der Waals surface area (Å²) in [6.45, 7) is 6.94. The van der Waals surface area contributed by atoms with Gasteiger partial charge in [-0.05, 0) is 13.8 Å². The van der Waals surface area contributed by atoms with E-state index in [1.807, 2.05) is 20.9 Å². The highest BCUT2D eigenvalue weighted by Gasteiger charge is 2.09. The van der Waals surface area contributed by atoms with Crippen molar-refractivity contribution in [3.63, 3.8) is 0 Å². The Morgan fingerprint density at radius 2 is 1.90 bits per heavy atom. The zero-order chi connectivity index (χ0) is 14.5. The van der Waals surface area contributed by atoms with Crippen molar-refractivity contribution < 1.29 is 0 Å². The normalized spacial score (nSPS) is 10.6. The van der Waals surface area contributed by atoms with E-state index < -0.39 is 0 Å². The summed E-state index contributed by atoms with van der Waals surface area (Å²) in [6, 6.07) is 0. The van der Waals surface area contributed by atoms with Crippen molar-refractivity contribution in [2.24, 2.45) is 0 Å². The average molecular weight is 291 g/mol. The average Bonchev–Trinajstić information content (AvgIpc) is 2.86. The lowest BCUT2D eigenvalue weighted by Gasteiger charge is -2.12. The van der Waals surface area contributed by atoms with Gasteiger partial charge in [0.15, 0.2) is 0 Å². The maximum absolute atomic E-state index is 4.56. The second kappa shape index (κ2) is 6.65. The van der Waals surface area contributed by atoms with Crippen LogP contribution < -0.4 is 10.6 Å². The summed E-state index contributed by atoms with van der Waals surface area (Å²) >= 11 is 1.71. The van der Waals surface area contributed by atoms with Crippen molar-refractivity contribution >= 4 is 23.0 Å². The molecule has 0 fully saturated rings. The van der Waals surface area contributed by atoms with Gasteiger partial charge in [-0.15, -0.1) is 11.3 Å². The SMILES string of the molecule is CCc1nc(NC)c(C)c(NCCc2nc(C)cs2)n1. The summed E-state index contributed by atoms with van der Waals surface area (Å²) in [7, 11) is 1.89. The summed E-state index contributed by atoms with van der Waals surface area (Å²) in [5.41, 5.74) is 2.15. The number of aromatic nitrogens is 3. The van der Waals surface area contributed by atoms with Crippen LogP contribution in [-0.2, 0) is 12.8 Å². The first-order chi connectivity index (χ1) is 9.63. The van der Waals surface area contributed by atoms with E-state index in [9.17, 15) is 0 Å². The molecule has 2 aromatic heterocycles. The second-order valence-electron chi connectivity index (χ2n) is 4.63. The van der Waals surface area contributed by atoms with Gasteiger partial charge in [-0.3, -0.25) is 0 Å². The van der Waals surface area contributed by atoms with Crippen LogP contribution in [0.2, 0.25) is 0 Å². The standard InChI is InChI=1S/C14H21N5S/c1-5-11-18-13(15-4)10(3)14(19-11)16-7-6-12-17-9(2)8-20-12/h8H,5-7H2,1-4H3,(H2,15,16,18,19).